The van der Waals surface area contributed by atoms with Crippen LogP contribution in [0.1, 0.15) is 17.3 Å². The van der Waals surface area contributed by atoms with E-state index in [2.05, 4.69) is 15.9 Å². The van der Waals surface area contributed by atoms with Gasteiger partial charge in [0.05, 0.1) is 11.1 Å². The number of aldehydes is 1. The molecule has 0 unspecified atom stereocenters. The standard InChI is InChI=1S/C11H10BrClO5/c1-2-17-7-3-6(4-14)9(12)10(13)11(7)18-5-8(15)16/h3-4H,2,5H2,1H3,(H,15,16). The summed E-state index contributed by atoms with van der Waals surface area (Å²) in [5, 5.41) is 8.68. The Morgan fingerprint density at radius 1 is 1.56 bits per heavy atom. The van der Waals surface area contributed by atoms with Crippen LogP contribution in [0.4, 0.5) is 0 Å². The summed E-state index contributed by atoms with van der Waals surface area (Å²) in [6.45, 7) is 1.53. The van der Waals surface area contributed by atoms with Crippen LogP contribution in [-0.4, -0.2) is 30.6 Å². The lowest BCUT2D eigenvalue weighted by Crippen LogP contribution is -2.11. The monoisotopic (exact) mass is 336 g/mol. The molecular weight excluding hydrogens is 327 g/mol. The fourth-order valence-corrected chi connectivity index (χ4v) is 1.87. The second-order valence-corrected chi connectivity index (χ2v) is 4.33. The van der Waals surface area contributed by atoms with Crippen molar-refractivity contribution in [2.24, 2.45) is 0 Å². The van der Waals surface area contributed by atoms with Crippen molar-refractivity contribution in [1.29, 1.82) is 0 Å². The molecule has 0 aromatic heterocycles. The number of ether oxygens (including phenoxy) is 2. The molecule has 18 heavy (non-hydrogen) atoms. The molecule has 0 heterocycles. The highest BCUT2D eigenvalue weighted by atomic mass is 79.9. The first kappa shape index (κ1) is 14.8. The SMILES string of the molecule is CCOc1cc(C=O)c(Br)c(Cl)c1OCC(=O)O. The Bertz CT molecular complexity index is 475. The fraction of sp³-hybridized carbons (Fsp3) is 0.273. The zero-order chi connectivity index (χ0) is 13.7. The second kappa shape index (κ2) is 6.61. The highest BCUT2D eigenvalue weighted by Gasteiger charge is 2.18. The third-order valence-electron chi connectivity index (χ3n) is 1.92. The first-order valence-electron chi connectivity index (χ1n) is 4.95. The Morgan fingerprint density at radius 2 is 2.22 bits per heavy atom. The molecule has 0 radical (unpaired) electrons. The number of hydrogen-bond acceptors (Lipinski definition) is 4. The number of aliphatic carboxylic acids is 1. The van der Waals surface area contributed by atoms with E-state index in [0.717, 1.165) is 0 Å². The van der Waals surface area contributed by atoms with Gasteiger partial charge in [0.2, 0.25) is 0 Å². The van der Waals surface area contributed by atoms with Crippen molar-refractivity contribution in [1.82, 2.24) is 0 Å². The molecule has 98 valence electrons. The first-order valence-corrected chi connectivity index (χ1v) is 6.12. The first-order chi connectivity index (χ1) is 8.51. The van der Waals surface area contributed by atoms with Crippen LogP contribution in [0.25, 0.3) is 0 Å². The van der Waals surface area contributed by atoms with Gasteiger partial charge in [-0.2, -0.15) is 0 Å². The maximum Gasteiger partial charge on any atom is 0.341 e. The summed E-state index contributed by atoms with van der Waals surface area (Å²) < 4.78 is 10.7. The topological polar surface area (TPSA) is 72.8 Å². The molecule has 0 saturated heterocycles. The lowest BCUT2D eigenvalue weighted by Gasteiger charge is -2.14. The van der Waals surface area contributed by atoms with E-state index in [0.29, 0.717) is 22.9 Å². The minimum atomic E-state index is -1.14. The molecule has 7 heteroatoms. The summed E-state index contributed by atoms with van der Waals surface area (Å²) >= 11 is 9.14. The molecule has 1 aromatic carbocycles. The van der Waals surface area contributed by atoms with Crippen LogP contribution in [0.15, 0.2) is 10.5 Å². The molecule has 0 bridgehead atoms. The number of carboxylic acids is 1. The molecule has 1 aromatic rings. The van der Waals surface area contributed by atoms with Gasteiger partial charge in [-0.25, -0.2) is 4.79 Å². The highest BCUT2D eigenvalue weighted by molar-refractivity contribution is 9.10. The van der Waals surface area contributed by atoms with Gasteiger partial charge in [-0.1, -0.05) is 11.6 Å². The molecule has 0 spiro atoms. The lowest BCUT2D eigenvalue weighted by molar-refractivity contribution is -0.139. The summed E-state index contributed by atoms with van der Waals surface area (Å²) in [4.78, 5) is 21.3. The number of halogens is 2. The number of rotatable bonds is 6. The van der Waals surface area contributed by atoms with Crippen molar-refractivity contribution >= 4 is 39.8 Å². The van der Waals surface area contributed by atoms with Gasteiger partial charge in [-0.05, 0) is 28.9 Å². The van der Waals surface area contributed by atoms with E-state index in [9.17, 15) is 9.59 Å². The summed E-state index contributed by atoms with van der Waals surface area (Å²) in [6, 6.07) is 1.43. The lowest BCUT2D eigenvalue weighted by atomic mass is 10.2. The second-order valence-electron chi connectivity index (χ2n) is 3.15. The van der Waals surface area contributed by atoms with Crippen molar-refractivity contribution in [3.05, 3.63) is 21.1 Å². The van der Waals surface area contributed by atoms with Gasteiger partial charge in [-0.3, -0.25) is 4.79 Å². The van der Waals surface area contributed by atoms with Crippen LogP contribution in [0, 0.1) is 0 Å². The summed E-state index contributed by atoms with van der Waals surface area (Å²) in [6.07, 6.45) is 0.611. The number of carbonyl (C=O) groups excluding carboxylic acids is 1. The van der Waals surface area contributed by atoms with Gasteiger partial charge in [-0.15, -0.1) is 0 Å². The van der Waals surface area contributed by atoms with E-state index in [-0.39, 0.29) is 16.5 Å². The fourth-order valence-electron chi connectivity index (χ4n) is 1.22. The van der Waals surface area contributed by atoms with E-state index in [1.54, 1.807) is 6.92 Å². The van der Waals surface area contributed by atoms with Gasteiger partial charge in [0.25, 0.3) is 0 Å². The normalized spacial score (nSPS) is 9.94. The maximum atomic E-state index is 10.8. The quantitative estimate of drug-likeness (QED) is 0.808. The maximum absolute atomic E-state index is 10.8. The van der Waals surface area contributed by atoms with Gasteiger partial charge in [0, 0.05) is 5.56 Å². The Labute approximate surface area is 117 Å². The van der Waals surface area contributed by atoms with E-state index >= 15 is 0 Å². The highest BCUT2D eigenvalue weighted by Crippen LogP contribution is 2.42. The van der Waals surface area contributed by atoms with Crippen LogP contribution >= 0.6 is 27.5 Å². The number of benzene rings is 1. The van der Waals surface area contributed by atoms with Crippen molar-refractivity contribution < 1.29 is 24.2 Å². The number of hydrogen-bond donors (Lipinski definition) is 1. The molecule has 0 aliphatic rings. The van der Waals surface area contributed by atoms with Crippen LogP contribution < -0.4 is 9.47 Å². The Morgan fingerprint density at radius 3 is 2.72 bits per heavy atom. The van der Waals surface area contributed by atoms with Crippen LogP contribution in [0.2, 0.25) is 5.02 Å². The average molecular weight is 338 g/mol. The minimum Gasteiger partial charge on any atom is -0.490 e. The minimum absolute atomic E-state index is 0.0957. The van der Waals surface area contributed by atoms with E-state index in [1.165, 1.54) is 6.07 Å². The number of carbonyl (C=O) groups is 2. The zero-order valence-electron chi connectivity index (χ0n) is 9.41. The Balaban J connectivity index is 3.23. The molecule has 0 aliphatic heterocycles. The molecule has 0 atom stereocenters. The zero-order valence-corrected chi connectivity index (χ0v) is 11.7. The van der Waals surface area contributed by atoms with Crippen LogP contribution in [-0.2, 0) is 4.79 Å². The van der Waals surface area contributed by atoms with Crippen molar-refractivity contribution in [2.45, 2.75) is 6.92 Å². The van der Waals surface area contributed by atoms with Gasteiger partial charge < -0.3 is 14.6 Å². The largest absolute Gasteiger partial charge is 0.490 e. The van der Waals surface area contributed by atoms with E-state index < -0.39 is 12.6 Å². The summed E-state index contributed by atoms with van der Waals surface area (Å²) in [5.41, 5.74) is 0.297. The number of carboxylic acid groups (broad SMARTS) is 1. The Kier molecular flexibility index (Phi) is 5.43. The van der Waals surface area contributed by atoms with Gasteiger partial charge in [0.15, 0.2) is 24.4 Å². The van der Waals surface area contributed by atoms with Gasteiger partial charge >= 0.3 is 5.97 Å². The third-order valence-corrected chi connectivity index (χ3v) is 3.37. The van der Waals surface area contributed by atoms with Crippen molar-refractivity contribution in [3.63, 3.8) is 0 Å². The molecule has 0 aliphatic carbocycles. The molecule has 1 N–H and O–H groups in total. The average Bonchev–Trinajstić information content (AvgIpc) is 2.33. The molecule has 0 amide bonds. The predicted molar refractivity (Wildman–Crippen MR) is 68.8 cm³/mol. The summed E-state index contributed by atoms with van der Waals surface area (Å²) in [7, 11) is 0. The molecule has 0 saturated carbocycles. The van der Waals surface area contributed by atoms with E-state index in [4.69, 9.17) is 26.2 Å². The molecule has 5 nitrogen and oxygen atoms in total. The van der Waals surface area contributed by atoms with E-state index in [1.807, 2.05) is 0 Å². The van der Waals surface area contributed by atoms with Crippen LogP contribution in [0.5, 0.6) is 11.5 Å². The third kappa shape index (κ3) is 3.36. The van der Waals surface area contributed by atoms with Crippen LogP contribution in [0.3, 0.4) is 0 Å². The Hall–Kier alpha value is -1.27. The van der Waals surface area contributed by atoms with Crippen molar-refractivity contribution in [2.75, 3.05) is 13.2 Å². The predicted octanol–water partition coefficient (Wildman–Crippen LogP) is 2.78. The summed E-state index contributed by atoms with van der Waals surface area (Å²) in [5.74, 6) is -0.809. The van der Waals surface area contributed by atoms with Crippen molar-refractivity contribution in [3.8, 4) is 11.5 Å². The molecule has 1 rings (SSSR count). The smallest absolute Gasteiger partial charge is 0.341 e. The van der Waals surface area contributed by atoms with Gasteiger partial charge in [0.1, 0.15) is 5.02 Å². The molecular formula is C11H10BrClO5. The molecule has 0 fully saturated rings.